The molecule has 0 saturated heterocycles. The summed E-state index contributed by atoms with van der Waals surface area (Å²) in [6.07, 6.45) is 1.01. The Kier molecular flexibility index (Phi) is 5.36. The fraction of sp³-hybridized carbons (Fsp3) is 0.625. The molecule has 0 fully saturated rings. The second-order valence-electron chi connectivity index (χ2n) is 5.75. The topological polar surface area (TPSA) is 21.3 Å². The molecule has 0 bridgehead atoms. The zero-order chi connectivity index (χ0) is 13.8. The number of rotatable bonds is 6. The highest BCUT2D eigenvalue weighted by molar-refractivity contribution is 5.32. The monoisotopic (exact) mass is 249 g/mol. The largest absolute Gasteiger partial charge is 0.379 e. The van der Waals surface area contributed by atoms with Gasteiger partial charge in [0.25, 0.3) is 0 Å². The highest BCUT2D eigenvalue weighted by atomic mass is 16.5. The number of benzene rings is 1. The summed E-state index contributed by atoms with van der Waals surface area (Å²) in [7, 11) is 1.77. The molecule has 18 heavy (non-hydrogen) atoms. The van der Waals surface area contributed by atoms with Gasteiger partial charge in [-0.2, -0.15) is 0 Å². The molecule has 1 unspecified atom stereocenters. The van der Waals surface area contributed by atoms with Crippen molar-refractivity contribution in [2.45, 2.75) is 52.7 Å². The Morgan fingerprint density at radius 3 is 2.56 bits per heavy atom. The lowest BCUT2D eigenvalue weighted by Gasteiger charge is -2.24. The number of ether oxygens (including phenoxy) is 1. The first-order valence-corrected chi connectivity index (χ1v) is 6.71. The number of aryl methyl sites for hydroxylation is 2. The summed E-state index contributed by atoms with van der Waals surface area (Å²) < 4.78 is 5.43. The van der Waals surface area contributed by atoms with Gasteiger partial charge in [-0.3, -0.25) is 0 Å². The van der Waals surface area contributed by atoms with E-state index in [-0.39, 0.29) is 5.60 Å². The second kappa shape index (κ2) is 6.35. The molecule has 1 aromatic carbocycles. The van der Waals surface area contributed by atoms with E-state index in [0.29, 0.717) is 6.04 Å². The van der Waals surface area contributed by atoms with Crippen molar-refractivity contribution >= 4 is 0 Å². The molecule has 102 valence electrons. The van der Waals surface area contributed by atoms with Crippen LogP contribution in [0, 0.1) is 13.8 Å². The van der Waals surface area contributed by atoms with Gasteiger partial charge in [-0.15, -0.1) is 0 Å². The fourth-order valence-electron chi connectivity index (χ4n) is 2.03. The van der Waals surface area contributed by atoms with E-state index in [1.807, 2.05) is 0 Å². The highest BCUT2D eigenvalue weighted by Gasteiger charge is 2.16. The molecule has 2 heteroatoms. The van der Waals surface area contributed by atoms with Crippen LogP contribution in [0.3, 0.4) is 0 Å². The van der Waals surface area contributed by atoms with Crippen LogP contribution in [0.4, 0.5) is 0 Å². The zero-order valence-electron chi connectivity index (χ0n) is 12.6. The smallest absolute Gasteiger partial charge is 0.0634 e. The molecular weight excluding hydrogens is 222 g/mol. The summed E-state index contributed by atoms with van der Waals surface area (Å²) in [6.45, 7) is 11.8. The third-order valence-corrected chi connectivity index (χ3v) is 3.63. The highest BCUT2D eigenvalue weighted by Crippen LogP contribution is 2.19. The first kappa shape index (κ1) is 15.2. The third kappa shape index (κ3) is 4.43. The normalized spacial score (nSPS) is 13.7. The van der Waals surface area contributed by atoms with E-state index < -0.39 is 0 Å². The minimum absolute atomic E-state index is 0.0473. The first-order valence-electron chi connectivity index (χ1n) is 6.71. The van der Waals surface area contributed by atoms with E-state index in [4.69, 9.17) is 4.74 Å². The summed E-state index contributed by atoms with van der Waals surface area (Å²) in [6, 6.07) is 7.02. The number of hydrogen-bond donors (Lipinski definition) is 1. The lowest BCUT2D eigenvalue weighted by Crippen LogP contribution is -2.30. The number of nitrogens with one attached hydrogen (secondary N) is 1. The molecule has 1 atom stereocenters. The van der Waals surface area contributed by atoms with E-state index in [2.05, 4.69) is 58.1 Å². The van der Waals surface area contributed by atoms with Crippen molar-refractivity contribution in [1.29, 1.82) is 0 Å². The molecule has 1 N–H and O–H groups in total. The Hall–Kier alpha value is -0.860. The summed E-state index contributed by atoms with van der Waals surface area (Å²) in [5.74, 6) is 0. The van der Waals surface area contributed by atoms with Gasteiger partial charge < -0.3 is 10.1 Å². The van der Waals surface area contributed by atoms with Crippen molar-refractivity contribution in [3.63, 3.8) is 0 Å². The molecule has 0 aliphatic carbocycles. The van der Waals surface area contributed by atoms with Crippen LogP contribution in [-0.4, -0.2) is 19.3 Å². The maximum atomic E-state index is 5.43. The van der Waals surface area contributed by atoms with E-state index in [1.165, 1.54) is 16.7 Å². The maximum absolute atomic E-state index is 5.43. The van der Waals surface area contributed by atoms with Gasteiger partial charge in [0.15, 0.2) is 0 Å². The predicted octanol–water partition coefficient (Wildman–Crippen LogP) is 3.77. The molecule has 0 aliphatic heterocycles. The van der Waals surface area contributed by atoms with Gasteiger partial charge in [0, 0.05) is 13.2 Å². The number of hydrogen-bond acceptors (Lipinski definition) is 2. The molecular formula is C16H27NO. The summed E-state index contributed by atoms with van der Waals surface area (Å²) >= 11 is 0. The molecule has 0 aromatic heterocycles. The lowest BCUT2D eigenvalue weighted by molar-refractivity contribution is 0.0154. The van der Waals surface area contributed by atoms with Crippen molar-refractivity contribution in [3.8, 4) is 0 Å². The van der Waals surface area contributed by atoms with Crippen LogP contribution in [0.2, 0.25) is 0 Å². The molecule has 1 rings (SSSR count). The van der Waals surface area contributed by atoms with E-state index in [1.54, 1.807) is 7.11 Å². The minimum atomic E-state index is -0.0473. The van der Waals surface area contributed by atoms with Crippen molar-refractivity contribution < 1.29 is 4.74 Å². The molecule has 0 radical (unpaired) electrons. The average molecular weight is 249 g/mol. The molecule has 0 heterocycles. The van der Waals surface area contributed by atoms with Gasteiger partial charge in [-0.1, -0.05) is 23.8 Å². The fourth-order valence-corrected chi connectivity index (χ4v) is 2.03. The van der Waals surface area contributed by atoms with Crippen molar-refractivity contribution in [2.75, 3.05) is 13.7 Å². The van der Waals surface area contributed by atoms with Crippen molar-refractivity contribution in [3.05, 3.63) is 34.9 Å². The molecule has 0 spiro atoms. The Balaban J connectivity index is 2.55. The Labute approximate surface area is 112 Å². The van der Waals surface area contributed by atoms with Gasteiger partial charge >= 0.3 is 0 Å². The van der Waals surface area contributed by atoms with E-state index in [0.717, 1.165) is 13.0 Å². The summed E-state index contributed by atoms with van der Waals surface area (Å²) in [5, 5.41) is 3.58. The Bertz CT molecular complexity index is 385. The maximum Gasteiger partial charge on any atom is 0.0634 e. The summed E-state index contributed by atoms with van der Waals surface area (Å²) in [4.78, 5) is 0. The van der Waals surface area contributed by atoms with Crippen LogP contribution in [0.1, 0.15) is 49.9 Å². The van der Waals surface area contributed by atoms with Crippen LogP contribution >= 0.6 is 0 Å². The Morgan fingerprint density at radius 1 is 1.28 bits per heavy atom. The minimum Gasteiger partial charge on any atom is -0.379 e. The van der Waals surface area contributed by atoms with Gasteiger partial charge in [-0.05, 0) is 58.7 Å². The third-order valence-electron chi connectivity index (χ3n) is 3.63. The predicted molar refractivity (Wildman–Crippen MR) is 78.0 cm³/mol. The standard InChI is InChI=1S/C16H27NO/c1-12-7-8-13(2)15(11-12)14(3)17-10-9-16(4,5)18-6/h7-8,11,14,17H,9-10H2,1-6H3. The van der Waals surface area contributed by atoms with Crippen LogP contribution in [0.15, 0.2) is 18.2 Å². The van der Waals surface area contributed by atoms with E-state index >= 15 is 0 Å². The molecule has 2 nitrogen and oxygen atoms in total. The number of methoxy groups -OCH3 is 1. The summed E-state index contributed by atoms with van der Waals surface area (Å²) in [5.41, 5.74) is 4.02. The average Bonchev–Trinajstić information content (AvgIpc) is 2.32. The van der Waals surface area contributed by atoms with Crippen molar-refractivity contribution in [1.82, 2.24) is 5.32 Å². The van der Waals surface area contributed by atoms with Crippen LogP contribution in [0.25, 0.3) is 0 Å². The van der Waals surface area contributed by atoms with Gasteiger partial charge in [0.2, 0.25) is 0 Å². The van der Waals surface area contributed by atoms with Gasteiger partial charge in [0.05, 0.1) is 5.60 Å². The molecule has 1 aromatic rings. The molecule has 0 saturated carbocycles. The van der Waals surface area contributed by atoms with Crippen LogP contribution < -0.4 is 5.32 Å². The zero-order valence-corrected chi connectivity index (χ0v) is 12.6. The SMILES string of the molecule is COC(C)(C)CCNC(C)c1cc(C)ccc1C. The first-order chi connectivity index (χ1) is 8.35. The van der Waals surface area contributed by atoms with Crippen LogP contribution in [-0.2, 0) is 4.74 Å². The van der Waals surface area contributed by atoms with E-state index in [9.17, 15) is 0 Å². The van der Waals surface area contributed by atoms with Crippen LogP contribution in [0.5, 0.6) is 0 Å². The Morgan fingerprint density at radius 2 is 1.94 bits per heavy atom. The van der Waals surface area contributed by atoms with Crippen molar-refractivity contribution in [2.24, 2.45) is 0 Å². The lowest BCUT2D eigenvalue weighted by atomic mass is 9.99. The van der Waals surface area contributed by atoms with Gasteiger partial charge in [-0.25, -0.2) is 0 Å². The quantitative estimate of drug-likeness (QED) is 0.828. The second-order valence-corrected chi connectivity index (χ2v) is 5.75. The van der Waals surface area contributed by atoms with Gasteiger partial charge in [0.1, 0.15) is 0 Å². The molecule has 0 aliphatic rings. The molecule has 0 amide bonds.